The number of ketones is 2. The topological polar surface area (TPSA) is 43.4 Å². The first-order valence-corrected chi connectivity index (χ1v) is 7.94. The van der Waals surface area contributed by atoms with Gasteiger partial charge in [-0.3, -0.25) is 9.59 Å². The molecule has 0 radical (unpaired) electrons. The molecule has 2 aromatic rings. The number of hydrogen-bond donors (Lipinski definition) is 0. The van der Waals surface area contributed by atoms with Gasteiger partial charge in [-0.25, -0.2) is 0 Å². The highest BCUT2D eigenvalue weighted by Crippen LogP contribution is 2.21. The minimum atomic E-state index is -0.146. The Morgan fingerprint density at radius 2 is 1.74 bits per heavy atom. The molecule has 0 bridgehead atoms. The van der Waals surface area contributed by atoms with Crippen LogP contribution in [0.4, 0.5) is 0 Å². The number of carbonyl (C=O) groups excluding carboxylic acids is 2. The van der Waals surface area contributed by atoms with Gasteiger partial charge in [-0.2, -0.15) is 0 Å². The molecule has 0 unspecified atom stereocenters. The zero-order valence-electron chi connectivity index (χ0n) is 13.7. The van der Waals surface area contributed by atoms with Gasteiger partial charge in [-0.05, 0) is 36.6 Å². The third-order valence-corrected chi connectivity index (χ3v) is 3.83. The van der Waals surface area contributed by atoms with E-state index in [4.69, 9.17) is 4.74 Å². The fourth-order valence-corrected chi connectivity index (χ4v) is 2.51. The van der Waals surface area contributed by atoms with Crippen LogP contribution in [0.25, 0.3) is 0 Å². The first kappa shape index (κ1) is 16.9. The van der Waals surface area contributed by atoms with Crippen LogP contribution in [0.5, 0.6) is 5.75 Å². The molecule has 0 aliphatic carbocycles. The maximum Gasteiger partial charge on any atom is 0.170 e. The number of hydrogen-bond acceptors (Lipinski definition) is 3. The summed E-state index contributed by atoms with van der Waals surface area (Å²) < 4.78 is 5.24. The molecule has 0 N–H and O–H groups in total. The molecular weight excluding hydrogens is 288 g/mol. The number of benzene rings is 2. The number of aryl methyl sites for hydroxylation is 1. The maximum absolute atomic E-state index is 12.6. The largest absolute Gasteiger partial charge is 0.497 e. The Kier molecular flexibility index (Phi) is 6.10. The van der Waals surface area contributed by atoms with Crippen LogP contribution in [0.15, 0.2) is 48.5 Å². The Hall–Kier alpha value is -2.42. The van der Waals surface area contributed by atoms with Crippen molar-refractivity contribution < 1.29 is 14.3 Å². The van der Waals surface area contributed by atoms with Crippen molar-refractivity contribution in [2.24, 2.45) is 0 Å². The van der Waals surface area contributed by atoms with Crippen LogP contribution >= 0.6 is 0 Å². The van der Waals surface area contributed by atoms with Crippen LogP contribution in [0.1, 0.15) is 52.5 Å². The summed E-state index contributed by atoms with van der Waals surface area (Å²) in [6, 6.07) is 14.4. The van der Waals surface area contributed by atoms with Crippen LogP contribution in [0.3, 0.4) is 0 Å². The van der Waals surface area contributed by atoms with Gasteiger partial charge in [-0.15, -0.1) is 0 Å². The van der Waals surface area contributed by atoms with E-state index in [1.54, 1.807) is 43.5 Å². The molecule has 0 aromatic heterocycles. The summed E-state index contributed by atoms with van der Waals surface area (Å²) in [6.45, 7) is 2.11. The van der Waals surface area contributed by atoms with E-state index < -0.39 is 0 Å². The van der Waals surface area contributed by atoms with E-state index in [-0.39, 0.29) is 18.0 Å². The Morgan fingerprint density at radius 1 is 1.00 bits per heavy atom. The summed E-state index contributed by atoms with van der Waals surface area (Å²) in [7, 11) is 1.61. The molecule has 0 spiro atoms. The lowest BCUT2D eigenvalue weighted by Gasteiger charge is -2.10. The normalized spacial score (nSPS) is 10.3. The molecule has 0 saturated carbocycles. The number of carbonyl (C=O) groups is 2. The molecule has 3 heteroatoms. The molecule has 2 aromatic carbocycles. The molecule has 0 atom stereocenters. The smallest absolute Gasteiger partial charge is 0.170 e. The third-order valence-electron chi connectivity index (χ3n) is 3.83. The minimum Gasteiger partial charge on any atom is -0.497 e. The highest BCUT2D eigenvalue weighted by molar-refractivity contribution is 6.14. The van der Waals surface area contributed by atoms with Crippen molar-refractivity contribution >= 4 is 11.6 Å². The van der Waals surface area contributed by atoms with Gasteiger partial charge < -0.3 is 4.74 Å². The fourth-order valence-electron chi connectivity index (χ4n) is 2.51. The summed E-state index contributed by atoms with van der Waals surface area (Å²) in [5.41, 5.74) is 2.16. The Labute approximate surface area is 137 Å². The number of unbranched alkanes of at least 4 members (excludes halogenated alkanes) is 1. The quantitative estimate of drug-likeness (QED) is 0.533. The van der Waals surface area contributed by atoms with Gasteiger partial charge in [-0.1, -0.05) is 43.7 Å². The summed E-state index contributed by atoms with van der Waals surface area (Å²) in [4.78, 5) is 24.8. The summed E-state index contributed by atoms with van der Waals surface area (Å²) in [5.74, 6) is 0.461. The summed E-state index contributed by atoms with van der Waals surface area (Å²) >= 11 is 0. The third kappa shape index (κ3) is 4.52. The van der Waals surface area contributed by atoms with Crippen LogP contribution in [-0.4, -0.2) is 18.7 Å². The SMILES string of the molecule is CCCCc1cc(OC)ccc1C(=O)CC(=O)c1ccccc1. The fraction of sp³-hybridized carbons (Fsp3) is 0.300. The molecule has 3 nitrogen and oxygen atoms in total. The van der Waals surface area contributed by atoms with Crippen molar-refractivity contribution in [3.63, 3.8) is 0 Å². The lowest BCUT2D eigenvalue weighted by atomic mass is 9.95. The summed E-state index contributed by atoms with van der Waals surface area (Å²) in [6.07, 6.45) is 2.76. The Bertz CT molecular complexity index is 675. The second kappa shape index (κ2) is 8.28. The zero-order chi connectivity index (χ0) is 16.7. The zero-order valence-corrected chi connectivity index (χ0v) is 13.7. The van der Waals surface area contributed by atoms with E-state index in [1.165, 1.54) is 0 Å². The molecule has 23 heavy (non-hydrogen) atoms. The highest BCUT2D eigenvalue weighted by atomic mass is 16.5. The predicted molar refractivity (Wildman–Crippen MR) is 91.3 cm³/mol. The molecule has 0 aliphatic rings. The molecular formula is C20H22O3. The second-order valence-corrected chi connectivity index (χ2v) is 5.52. The number of ether oxygens (including phenoxy) is 1. The van der Waals surface area contributed by atoms with E-state index in [0.29, 0.717) is 11.1 Å². The first-order valence-electron chi connectivity index (χ1n) is 7.94. The van der Waals surface area contributed by atoms with Crippen LogP contribution < -0.4 is 4.74 Å². The van der Waals surface area contributed by atoms with Crippen molar-refractivity contribution in [3.8, 4) is 5.75 Å². The van der Waals surface area contributed by atoms with Gasteiger partial charge in [0.2, 0.25) is 0 Å². The highest BCUT2D eigenvalue weighted by Gasteiger charge is 2.17. The van der Waals surface area contributed by atoms with E-state index in [1.807, 2.05) is 12.1 Å². The van der Waals surface area contributed by atoms with Gasteiger partial charge >= 0.3 is 0 Å². The molecule has 0 amide bonds. The molecule has 0 fully saturated rings. The maximum atomic E-state index is 12.6. The monoisotopic (exact) mass is 310 g/mol. The standard InChI is InChI=1S/C20H22O3/c1-3-4-8-16-13-17(23-2)11-12-18(16)20(22)14-19(21)15-9-6-5-7-10-15/h5-7,9-13H,3-4,8,14H2,1-2H3. The second-order valence-electron chi connectivity index (χ2n) is 5.52. The summed E-state index contributed by atoms with van der Waals surface area (Å²) in [5, 5.41) is 0. The molecule has 0 saturated heterocycles. The number of Topliss-reactive ketones (excluding diaryl/α,β-unsaturated/α-hetero) is 2. The molecule has 0 aliphatic heterocycles. The van der Waals surface area contributed by atoms with Gasteiger partial charge in [0.15, 0.2) is 11.6 Å². The van der Waals surface area contributed by atoms with Gasteiger partial charge in [0.1, 0.15) is 5.75 Å². The van der Waals surface area contributed by atoms with E-state index in [2.05, 4.69) is 6.92 Å². The van der Waals surface area contributed by atoms with Gasteiger partial charge in [0.05, 0.1) is 13.5 Å². The Morgan fingerprint density at radius 3 is 2.39 bits per heavy atom. The van der Waals surface area contributed by atoms with E-state index >= 15 is 0 Å². The lowest BCUT2D eigenvalue weighted by molar-refractivity contribution is 0.0894. The minimum absolute atomic E-state index is 0.102. The van der Waals surface area contributed by atoms with Crippen molar-refractivity contribution in [2.75, 3.05) is 7.11 Å². The first-order chi connectivity index (χ1) is 11.2. The van der Waals surface area contributed by atoms with Crippen LogP contribution in [0.2, 0.25) is 0 Å². The van der Waals surface area contributed by atoms with Crippen LogP contribution in [-0.2, 0) is 6.42 Å². The average molecular weight is 310 g/mol. The molecule has 120 valence electrons. The predicted octanol–water partition coefficient (Wildman–Crippen LogP) is 4.49. The molecule has 0 heterocycles. The number of methoxy groups -OCH3 is 1. The van der Waals surface area contributed by atoms with Crippen molar-refractivity contribution in [1.29, 1.82) is 0 Å². The van der Waals surface area contributed by atoms with Crippen molar-refractivity contribution in [3.05, 3.63) is 65.2 Å². The van der Waals surface area contributed by atoms with Gasteiger partial charge in [0, 0.05) is 11.1 Å². The Balaban J connectivity index is 2.19. The number of rotatable bonds is 8. The van der Waals surface area contributed by atoms with Gasteiger partial charge in [0.25, 0.3) is 0 Å². The van der Waals surface area contributed by atoms with E-state index in [9.17, 15) is 9.59 Å². The van der Waals surface area contributed by atoms with Crippen molar-refractivity contribution in [1.82, 2.24) is 0 Å². The average Bonchev–Trinajstić information content (AvgIpc) is 2.60. The lowest BCUT2D eigenvalue weighted by Crippen LogP contribution is -2.11. The molecule has 2 rings (SSSR count). The van der Waals surface area contributed by atoms with E-state index in [0.717, 1.165) is 30.6 Å². The van der Waals surface area contributed by atoms with Crippen molar-refractivity contribution in [2.45, 2.75) is 32.6 Å². The van der Waals surface area contributed by atoms with Crippen LogP contribution in [0, 0.1) is 0 Å².